The quantitative estimate of drug-likeness (QED) is 0.539. The van der Waals surface area contributed by atoms with Crippen molar-refractivity contribution < 1.29 is 14.3 Å². The Hall–Kier alpha value is -1.92. The van der Waals surface area contributed by atoms with Gasteiger partial charge in [-0.15, -0.1) is 0 Å². The van der Waals surface area contributed by atoms with Crippen molar-refractivity contribution in [2.75, 3.05) is 45.9 Å². The Kier molecular flexibility index (Phi) is 8.27. The fourth-order valence-electron chi connectivity index (χ4n) is 2.63. The Morgan fingerprint density at radius 1 is 0.958 bits per heavy atom. The molecule has 1 aliphatic heterocycles. The summed E-state index contributed by atoms with van der Waals surface area (Å²) in [6, 6.07) is 10.1. The van der Waals surface area contributed by atoms with E-state index in [1.165, 1.54) is 5.56 Å². The molecular weight excluding hydrogens is 306 g/mol. The summed E-state index contributed by atoms with van der Waals surface area (Å²) in [4.78, 5) is 25.7. The topological polar surface area (TPSA) is 70.7 Å². The molecule has 0 atom stereocenters. The van der Waals surface area contributed by atoms with E-state index in [4.69, 9.17) is 4.74 Å². The van der Waals surface area contributed by atoms with Gasteiger partial charge in [0.05, 0.1) is 13.2 Å². The third-order valence-electron chi connectivity index (χ3n) is 4.02. The van der Waals surface area contributed by atoms with Crippen molar-refractivity contribution in [3.05, 3.63) is 35.9 Å². The average molecular weight is 333 g/mol. The van der Waals surface area contributed by atoms with E-state index in [-0.39, 0.29) is 0 Å². The molecule has 2 amide bonds. The van der Waals surface area contributed by atoms with E-state index in [2.05, 4.69) is 27.7 Å². The molecule has 2 rings (SSSR count). The molecule has 0 bridgehead atoms. The summed E-state index contributed by atoms with van der Waals surface area (Å²) >= 11 is 0. The van der Waals surface area contributed by atoms with Crippen molar-refractivity contribution in [3.63, 3.8) is 0 Å². The van der Waals surface area contributed by atoms with Crippen LogP contribution in [0.15, 0.2) is 30.3 Å². The average Bonchev–Trinajstić information content (AvgIpc) is 2.63. The van der Waals surface area contributed by atoms with Gasteiger partial charge >= 0.3 is 11.8 Å². The van der Waals surface area contributed by atoms with Gasteiger partial charge in [-0.1, -0.05) is 30.3 Å². The number of benzene rings is 1. The Bertz CT molecular complexity index is 501. The van der Waals surface area contributed by atoms with E-state index >= 15 is 0 Å². The van der Waals surface area contributed by atoms with Gasteiger partial charge in [0.2, 0.25) is 0 Å². The molecule has 0 aromatic heterocycles. The zero-order valence-corrected chi connectivity index (χ0v) is 14.1. The van der Waals surface area contributed by atoms with Crippen LogP contribution in [0.25, 0.3) is 0 Å². The number of carbonyl (C=O) groups is 2. The number of hydrogen-bond acceptors (Lipinski definition) is 4. The van der Waals surface area contributed by atoms with E-state index in [0.717, 1.165) is 52.1 Å². The molecule has 0 spiro atoms. The highest BCUT2D eigenvalue weighted by Crippen LogP contribution is 2.01. The van der Waals surface area contributed by atoms with Crippen LogP contribution in [-0.4, -0.2) is 62.7 Å². The van der Waals surface area contributed by atoms with Gasteiger partial charge < -0.3 is 15.4 Å². The number of rotatable bonds is 8. The second kappa shape index (κ2) is 10.8. The Morgan fingerprint density at radius 2 is 1.58 bits per heavy atom. The monoisotopic (exact) mass is 333 g/mol. The summed E-state index contributed by atoms with van der Waals surface area (Å²) < 4.78 is 5.29. The van der Waals surface area contributed by atoms with Crippen molar-refractivity contribution in [3.8, 4) is 0 Å². The molecule has 2 N–H and O–H groups in total. The number of carbonyl (C=O) groups excluding carboxylic acids is 2. The molecule has 1 saturated heterocycles. The van der Waals surface area contributed by atoms with Crippen LogP contribution < -0.4 is 10.6 Å². The smallest absolute Gasteiger partial charge is 0.309 e. The predicted octanol–water partition coefficient (Wildman–Crippen LogP) is 0.574. The van der Waals surface area contributed by atoms with Crippen molar-refractivity contribution in [2.24, 2.45) is 0 Å². The minimum Gasteiger partial charge on any atom is -0.379 e. The van der Waals surface area contributed by atoms with Gasteiger partial charge in [0, 0.05) is 26.2 Å². The third kappa shape index (κ3) is 7.10. The maximum absolute atomic E-state index is 11.7. The van der Waals surface area contributed by atoms with E-state index in [1.807, 2.05) is 18.2 Å². The van der Waals surface area contributed by atoms with Crippen molar-refractivity contribution in [1.82, 2.24) is 15.5 Å². The van der Waals surface area contributed by atoms with E-state index in [1.54, 1.807) is 0 Å². The molecule has 132 valence electrons. The van der Waals surface area contributed by atoms with Crippen LogP contribution in [0.5, 0.6) is 0 Å². The highest BCUT2D eigenvalue weighted by Gasteiger charge is 2.13. The number of ether oxygens (including phenoxy) is 1. The lowest BCUT2D eigenvalue weighted by Crippen LogP contribution is -2.42. The van der Waals surface area contributed by atoms with Gasteiger partial charge in [-0.3, -0.25) is 14.5 Å². The molecule has 0 aliphatic carbocycles. The number of amides is 2. The maximum atomic E-state index is 11.7. The number of aryl methyl sites for hydroxylation is 1. The van der Waals surface area contributed by atoms with Crippen LogP contribution in [0.3, 0.4) is 0 Å². The molecule has 6 heteroatoms. The van der Waals surface area contributed by atoms with Crippen molar-refractivity contribution >= 4 is 11.8 Å². The lowest BCUT2D eigenvalue weighted by molar-refractivity contribution is -0.139. The van der Waals surface area contributed by atoms with Gasteiger partial charge in [0.25, 0.3) is 0 Å². The predicted molar refractivity (Wildman–Crippen MR) is 92.7 cm³/mol. The number of hydrogen-bond donors (Lipinski definition) is 2. The lowest BCUT2D eigenvalue weighted by Gasteiger charge is -2.26. The molecule has 1 aromatic carbocycles. The number of nitrogens with one attached hydrogen (secondary N) is 2. The lowest BCUT2D eigenvalue weighted by atomic mass is 10.1. The molecule has 0 saturated carbocycles. The van der Waals surface area contributed by atoms with Crippen LogP contribution in [0.4, 0.5) is 0 Å². The first-order valence-corrected chi connectivity index (χ1v) is 8.66. The highest BCUT2D eigenvalue weighted by molar-refractivity contribution is 6.35. The van der Waals surface area contributed by atoms with E-state index in [0.29, 0.717) is 13.1 Å². The summed E-state index contributed by atoms with van der Waals surface area (Å²) in [5.74, 6) is -1.09. The molecular formula is C18H27N3O3. The molecule has 24 heavy (non-hydrogen) atoms. The largest absolute Gasteiger partial charge is 0.379 e. The highest BCUT2D eigenvalue weighted by atomic mass is 16.5. The normalized spacial score (nSPS) is 15.0. The first kappa shape index (κ1) is 18.4. The molecule has 1 aliphatic rings. The van der Waals surface area contributed by atoms with Crippen molar-refractivity contribution in [2.45, 2.75) is 19.3 Å². The molecule has 1 fully saturated rings. The Balaban J connectivity index is 1.49. The zero-order chi connectivity index (χ0) is 17.0. The molecule has 1 heterocycles. The van der Waals surface area contributed by atoms with Gasteiger partial charge in [0.1, 0.15) is 0 Å². The second-order valence-electron chi connectivity index (χ2n) is 5.91. The Labute approximate surface area is 143 Å². The summed E-state index contributed by atoms with van der Waals surface area (Å²) in [7, 11) is 0. The standard InChI is InChI=1S/C18H27N3O3/c22-17(19-9-4-8-16-6-2-1-3-7-16)18(23)20-10-5-11-21-12-14-24-15-13-21/h1-3,6-7H,4-5,8-15H2,(H,19,22)(H,20,23). The fraction of sp³-hybridized carbons (Fsp3) is 0.556. The van der Waals surface area contributed by atoms with Crippen LogP contribution in [0.1, 0.15) is 18.4 Å². The molecule has 0 radical (unpaired) electrons. The SMILES string of the molecule is O=C(NCCCc1ccccc1)C(=O)NCCCN1CCOCC1. The summed E-state index contributed by atoms with van der Waals surface area (Å²) in [6.45, 7) is 5.38. The summed E-state index contributed by atoms with van der Waals surface area (Å²) in [5, 5.41) is 5.34. The second-order valence-corrected chi connectivity index (χ2v) is 5.91. The van der Waals surface area contributed by atoms with Crippen LogP contribution in [-0.2, 0) is 20.7 Å². The molecule has 1 aromatic rings. The van der Waals surface area contributed by atoms with Gasteiger partial charge in [-0.05, 0) is 31.4 Å². The van der Waals surface area contributed by atoms with Crippen molar-refractivity contribution in [1.29, 1.82) is 0 Å². The summed E-state index contributed by atoms with van der Waals surface area (Å²) in [6.07, 6.45) is 2.55. The number of nitrogens with zero attached hydrogens (tertiary/aromatic N) is 1. The van der Waals surface area contributed by atoms with Gasteiger partial charge in [0.15, 0.2) is 0 Å². The maximum Gasteiger partial charge on any atom is 0.309 e. The minimum absolute atomic E-state index is 0.509. The Morgan fingerprint density at radius 3 is 2.25 bits per heavy atom. The van der Waals surface area contributed by atoms with Gasteiger partial charge in [-0.25, -0.2) is 0 Å². The van der Waals surface area contributed by atoms with Crippen LogP contribution >= 0.6 is 0 Å². The molecule has 0 unspecified atom stereocenters. The summed E-state index contributed by atoms with van der Waals surface area (Å²) in [5.41, 5.74) is 1.24. The van der Waals surface area contributed by atoms with E-state index < -0.39 is 11.8 Å². The minimum atomic E-state index is -0.547. The first-order chi connectivity index (χ1) is 11.8. The first-order valence-electron chi connectivity index (χ1n) is 8.66. The molecule has 6 nitrogen and oxygen atoms in total. The van der Waals surface area contributed by atoms with Crippen LogP contribution in [0, 0.1) is 0 Å². The zero-order valence-electron chi connectivity index (χ0n) is 14.1. The number of morpholine rings is 1. The van der Waals surface area contributed by atoms with Crippen LogP contribution in [0.2, 0.25) is 0 Å². The van der Waals surface area contributed by atoms with Gasteiger partial charge in [-0.2, -0.15) is 0 Å². The third-order valence-corrected chi connectivity index (χ3v) is 4.02. The fourth-order valence-corrected chi connectivity index (χ4v) is 2.63. The van der Waals surface area contributed by atoms with E-state index in [9.17, 15) is 9.59 Å².